The fourth-order valence-corrected chi connectivity index (χ4v) is 2.74. The lowest BCUT2D eigenvalue weighted by molar-refractivity contribution is -0.428. The number of ketones is 1. The Kier molecular flexibility index (Phi) is 3.58. The van der Waals surface area contributed by atoms with E-state index in [0.717, 1.165) is 4.90 Å². The van der Waals surface area contributed by atoms with Crippen molar-refractivity contribution in [3.8, 4) is 0 Å². The Bertz CT molecular complexity index is 482. The highest BCUT2D eigenvalue weighted by molar-refractivity contribution is 8.04. The molecule has 0 fully saturated rings. The summed E-state index contributed by atoms with van der Waals surface area (Å²) in [5, 5.41) is 10.9. The maximum absolute atomic E-state index is 11.7. The number of thioether (sulfide) groups is 1. The number of nitro groups is 1. The molecule has 0 heterocycles. The first kappa shape index (κ1) is 11.9. The fraction of sp³-hybridized carbons (Fsp3) is 0.250. The molecule has 0 bridgehead atoms. The van der Waals surface area contributed by atoms with Crippen molar-refractivity contribution in [3.05, 3.63) is 51.0 Å². The van der Waals surface area contributed by atoms with Crippen molar-refractivity contribution >= 4 is 17.5 Å². The van der Waals surface area contributed by atoms with Crippen LogP contribution in [0.2, 0.25) is 0 Å². The summed E-state index contributed by atoms with van der Waals surface area (Å²) in [6.07, 6.45) is 1.37. The van der Waals surface area contributed by atoms with Crippen molar-refractivity contribution in [2.24, 2.45) is 0 Å². The molecule has 0 saturated heterocycles. The predicted octanol–water partition coefficient (Wildman–Crippen LogP) is 3.02. The third-order valence-corrected chi connectivity index (χ3v) is 3.69. The zero-order valence-corrected chi connectivity index (χ0v) is 9.90. The summed E-state index contributed by atoms with van der Waals surface area (Å²) < 4.78 is 0. The minimum atomic E-state index is -0.428. The molecule has 2 rings (SSSR count). The van der Waals surface area contributed by atoms with Gasteiger partial charge in [-0.05, 0) is 18.6 Å². The molecule has 1 aromatic carbocycles. The highest BCUT2D eigenvalue weighted by Gasteiger charge is 2.29. The van der Waals surface area contributed by atoms with E-state index in [1.807, 2.05) is 30.3 Å². The Balaban J connectivity index is 2.32. The van der Waals surface area contributed by atoms with Crippen LogP contribution in [0.15, 0.2) is 45.8 Å². The van der Waals surface area contributed by atoms with Gasteiger partial charge in [-0.2, -0.15) is 0 Å². The average Bonchev–Trinajstić information content (AvgIpc) is 2.33. The van der Waals surface area contributed by atoms with Crippen LogP contribution < -0.4 is 0 Å². The number of allylic oxidation sites excluding steroid dienone is 2. The third-order valence-electron chi connectivity index (χ3n) is 2.52. The molecule has 0 unspecified atom stereocenters. The second kappa shape index (κ2) is 5.14. The molecule has 1 aliphatic rings. The largest absolute Gasteiger partial charge is 0.293 e. The summed E-state index contributed by atoms with van der Waals surface area (Å²) in [7, 11) is 0. The number of carbonyl (C=O) groups excluding carboxylic acids is 1. The Hall–Kier alpha value is -1.62. The van der Waals surface area contributed by atoms with Gasteiger partial charge in [0.2, 0.25) is 0 Å². The average molecular weight is 249 g/mol. The topological polar surface area (TPSA) is 60.2 Å². The van der Waals surface area contributed by atoms with Crippen LogP contribution >= 0.6 is 11.8 Å². The first-order valence-electron chi connectivity index (χ1n) is 5.32. The number of rotatable bonds is 3. The van der Waals surface area contributed by atoms with Crippen LogP contribution in [-0.4, -0.2) is 10.7 Å². The van der Waals surface area contributed by atoms with Crippen LogP contribution in [-0.2, 0) is 4.79 Å². The van der Waals surface area contributed by atoms with Crippen molar-refractivity contribution < 1.29 is 9.72 Å². The van der Waals surface area contributed by atoms with Gasteiger partial charge in [0.15, 0.2) is 5.78 Å². The summed E-state index contributed by atoms with van der Waals surface area (Å²) in [5.74, 6) is -0.114. The Labute approximate surface area is 103 Å². The second-order valence-electron chi connectivity index (χ2n) is 3.72. The molecular formula is C12H11NO3S. The lowest BCUT2D eigenvalue weighted by Crippen LogP contribution is -2.14. The predicted molar refractivity (Wildman–Crippen MR) is 65.2 cm³/mol. The van der Waals surface area contributed by atoms with Gasteiger partial charge in [0, 0.05) is 17.7 Å². The third kappa shape index (κ3) is 2.74. The molecule has 1 aliphatic carbocycles. The van der Waals surface area contributed by atoms with Crippen LogP contribution in [0.1, 0.15) is 19.3 Å². The number of hydrogen-bond donors (Lipinski definition) is 0. The zero-order valence-electron chi connectivity index (χ0n) is 9.09. The van der Waals surface area contributed by atoms with Crippen LogP contribution in [0.5, 0.6) is 0 Å². The smallest absolute Gasteiger partial charge is 0.263 e. The molecular weight excluding hydrogens is 238 g/mol. The molecule has 88 valence electrons. The van der Waals surface area contributed by atoms with E-state index < -0.39 is 4.92 Å². The van der Waals surface area contributed by atoms with Crippen LogP contribution in [0.25, 0.3) is 0 Å². The monoisotopic (exact) mass is 249 g/mol. The lowest BCUT2D eigenvalue weighted by atomic mass is 10.0. The van der Waals surface area contributed by atoms with Gasteiger partial charge in [-0.25, -0.2) is 0 Å². The second-order valence-corrected chi connectivity index (χ2v) is 4.81. The quantitative estimate of drug-likeness (QED) is 0.610. The minimum Gasteiger partial charge on any atom is -0.293 e. The summed E-state index contributed by atoms with van der Waals surface area (Å²) in [6.45, 7) is 0. The summed E-state index contributed by atoms with van der Waals surface area (Å²) in [5.41, 5.74) is 0.0649. The molecule has 0 aromatic heterocycles. The van der Waals surface area contributed by atoms with Crippen molar-refractivity contribution in [1.29, 1.82) is 0 Å². The van der Waals surface area contributed by atoms with Crippen LogP contribution in [0.4, 0.5) is 0 Å². The standard InChI is InChI=1S/C12H11NO3S/c14-11-8-4-7-10(13(15)16)12(11)17-9-5-2-1-3-6-9/h1-3,5-6H,4,7-8H2. The molecule has 1 aromatic rings. The molecule has 0 atom stereocenters. The molecule has 0 aliphatic heterocycles. The normalized spacial score (nSPS) is 16.1. The molecule has 5 heteroatoms. The highest BCUT2D eigenvalue weighted by atomic mass is 32.2. The molecule has 4 nitrogen and oxygen atoms in total. The Morgan fingerprint density at radius 2 is 1.88 bits per heavy atom. The van der Waals surface area contributed by atoms with Gasteiger partial charge in [0.05, 0.1) is 4.92 Å². The van der Waals surface area contributed by atoms with E-state index in [1.54, 1.807) is 0 Å². The van der Waals surface area contributed by atoms with Gasteiger partial charge in [-0.3, -0.25) is 14.9 Å². The van der Waals surface area contributed by atoms with Crippen molar-refractivity contribution in [2.75, 3.05) is 0 Å². The highest BCUT2D eigenvalue weighted by Crippen LogP contribution is 2.35. The van der Waals surface area contributed by atoms with E-state index in [-0.39, 0.29) is 11.5 Å². The lowest BCUT2D eigenvalue weighted by Gasteiger charge is -2.12. The van der Waals surface area contributed by atoms with Crippen LogP contribution in [0, 0.1) is 10.1 Å². The van der Waals surface area contributed by atoms with E-state index in [2.05, 4.69) is 0 Å². The molecule has 0 saturated carbocycles. The van der Waals surface area contributed by atoms with Crippen molar-refractivity contribution in [1.82, 2.24) is 0 Å². The van der Waals surface area contributed by atoms with E-state index in [1.165, 1.54) is 11.8 Å². The summed E-state index contributed by atoms with van der Waals surface area (Å²) in [4.78, 5) is 23.3. The van der Waals surface area contributed by atoms with E-state index >= 15 is 0 Å². The van der Waals surface area contributed by atoms with Gasteiger partial charge in [0.1, 0.15) is 4.91 Å². The molecule has 0 spiro atoms. The number of benzene rings is 1. The van der Waals surface area contributed by atoms with Gasteiger partial charge in [-0.1, -0.05) is 30.0 Å². The van der Waals surface area contributed by atoms with E-state index in [4.69, 9.17) is 0 Å². The molecule has 17 heavy (non-hydrogen) atoms. The fourth-order valence-electron chi connectivity index (χ4n) is 1.70. The summed E-state index contributed by atoms with van der Waals surface area (Å²) >= 11 is 1.20. The number of Topliss-reactive ketones (excluding diaryl/α,β-unsaturated/α-hetero) is 1. The van der Waals surface area contributed by atoms with Crippen molar-refractivity contribution in [3.63, 3.8) is 0 Å². The maximum Gasteiger partial charge on any atom is 0.263 e. The molecule has 0 N–H and O–H groups in total. The number of hydrogen-bond acceptors (Lipinski definition) is 4. The molecule has 0 amide bonds. The van der Waals surface area contributed by atoms with Gasteiger partial charge < -0.3 is 0 Å². The summed E-state index contributed by atoms with van der Waals surface area (Å²) in [6, 6.07) is 9.26. The first-order chi connectivity index (χ1) is 8.18. The van der Waals surface area contributed by atoms with Crippen LogP contribution in [0.3, 0.4) is 0 Å². The van der Waals surface area contributed by atoms with Gasteiger partial charge in [-0.15, -0.1) is 0 Å². The number of nitrogens with zero attached hydrogens (tertiary/aromatic N) is 1. The van der Waals surface area contributed by atoms with Gasteiger partial charge >= 0.3 is 0 Å². The maximum atomic E-state index is 11.7. The van der Waals surface area contributed by atoms with Gasteiger partial charge in [0.25, 0.3) is 5.70 Å². The first-order valence-corrected chi connectivity index (χ1v) is 6.14. The minimum absolute atomic E-state index is 0.0649. The zero-order chi connectivity index (χ0) is 12.3. The number of carbonyl (C=O) groups is 1. The van der Waals surface area contributed by atoms with Crippen molar-refractivity contribution in [2.45, 2.75) is 24.2 Å². The van der Waals surface area contributed by atoms with E-state index in [0.29, 0.717) is 24.2 Å². The molecule has 0 radical (unpaired) electrons. The Morgan fingerprint density at radius 3 is 2.53 bits per heavy atom. The SMILES string of the molecule is O=C1CCCC([N+](=O)[O-])=C1Sc1ccccc1. The Morgan fingerprint density at radius 1 is 1.18 bits per heavy atom. The van der Waals surface area contributed by atoms with E-state index in [9.17, 15) is 14.9 Å².